The first kappa shape index (κ1) is 10.6. The molecule has 0 fully saturated rings. The van der Waals surface area contributed by atoms with Crippen molar-refractivity contribution in [3.63, 3.8) is 0 Å². The fraction of sp³-hybridized carbons (Fsp3) is 0.400. The molecule has 1 aliphatic heterocycles. The standard InChI is InChI=1S/C10H10IN3O/c1-10(6-11)5-7-8(13-14-12)3-2-4-9(7)15-10/h2-4H,5-6H2,1H3. The molecule has 0 amide bonds. The Morgan fingerprint density at radius 2 is 2.47 bits per heavy atom. The van der Waals surface area contributed by atoms with Gasteiger partial charge in [0.05, 0.1) is 0 Å². The molecule has 1 unspecified atom stereocenters. The zero-order chi connectivity index (χ0) is 10.9. The Labute approximate surface area is 101 Å². The molecule has 15 heavy (non-hydrogen) atoms. The molecular formula is C10H10IN3O. The van der Waals surface area contributed by atoms with E-state index in [-0.39, 0.29) is 5.60 Å². The molecule has 0 N–H and O–H groups in total. The minimum Gasteiger partial charge on any atom is -0.486 e. The molecule has 1 atom stereocenters. The molecule has 4 nitrogen and oxygen atoms in total. The second-order valence-corrected chi connectivity index (χ2v) is 4.57. The lowest BCUT2D eigenvalue weighted by Gasteiger charge is -2.20. The van der Waals surface area contributed by atoms with E-state index in [9.17, 15) is 0 Å². The van der Waals surface area contributed by atoms with E-state index in [2.05, 4.69) is 39.5 Å². The molecule has 2 rings (SSSR count). The van der Waals surface area contributed by atoms with Gasteiger partial charge in [-0.1, -0.05) is 39.8 Å². The van der Waals surface area contributed by atoms with Crippen LogP contribution in [0.2, 0.25) is 0 Å². The smallest absolute Gasteiger partial charge is 0.123 e. The van der Waals surface area contributed by atoms with Crippen LogP contribution in [0.15, 0.2) is 23.3 Å². The van der Waals surface area contributed by atoms with Crippen molar-refractivity contribution in [1.82, 2.24) is 0 Å². The van der Waals surface area contributed by atoms with Crippen molar-refractivity contribution >= 4 is 28.3 Å². The first-order valence-corrected chi connectivity index (χ1v) is 6.13. The van der Waals surface area contributed by atoms with Gasteiger partial charge < -0.3 is 4.74 Å². The molecule has 0 aromatic heterocycles. The lowest BCUT2D eigenvalue weighted by atomic mass is 10.0. The molecule has 1 aromatic rings. The van der Waals surface area contributed by atoms with Crippen LogP contribution in [0, 0.1) is 0 Å². The minimum absolute atomic E-state index is 0.163. The Balaban J connectivity index is 2.45. The number of azide groups is 1. The van der Waals surface area contributed by atoms with Crippen LogP contribution in [0.25, 0.3) is 10.4 Å². The van der Waals surface area contributed by atoms with E-state index in [0.717, 1.165) is 22.2 Å². The molecule has 78 valence electrons. The van der Waals surface area contributed by atoms with Crippen molar-refractivity contribution in [2.75, 3.05) is 4.43 Å². The van der Waals surface area contributed by atoms with E-state index >= 15 is 0 Å². The summed E-state index contributed by atoms with van der Waals surface area (Å²) in [6, 6.07) is 5.59. The Hall–Kier alpha value is -0.940. The van der Waals surface area contributed by atoms with Crippen molar-refractivity contribution in [3.05, 3.63) is 34.2 Å². The molecule has 5 heteroatoms. The number of alkyl halides is 1. The number of nitrogens with zero attached hydrogens (tertiary/aromatic N) is 3. The van der Waals surface area contributed by atoms with Crippen molar-refractivity contribution in [2.45, 2.75) is 18.9 Å². The highest BCUT2D eigenvalue weighted by atomic mass is 127. The molecule has 0 aliphatic carbocycles. The summed E-state index contributed by atoms with van der Waals surface area (Å²) in [6.45, 7) is 2.07. The van der Waals surface area contributed by atoms with Gasteiger partial charge in [0, 0.05) is 27.0 Å². The van der Waals surface area contributed by atoms with Crippen LogP contribution in [-0.4, -0.2) is 10.0 Å². The zero-order valence-corrected chi connectivity index (χ0v) is 10.4. The molecule has 0 saturated carbocycles. The van der Waals surface area contributed by atoms with Crippen molar-refractivity contribution in [3.8, 4) is 5.75 Å². The van der Waals surface area contributed by atoms with Crippen molar-refractivity contribution in [1.29, 1.82) is 0 Å². The van der Waals surface area contributed by atoms with Crippen LogP contribution < -0.4 is 4.74 Å². The maximum atomic E-state index is 8.45. The first-order valence-electron chi connectivity index (χ1n) is 4.60. The Morgan fingerprint density at radius 3 is 3.13 bits per heavy atom. The maximum Gasteiger partial charge on any atom is 0.123 e. The second kappa shape index (κ2) is 3.90. The summed E-state index contributed by atoms with van der Waals surface area (Å²) in [4.78, 5) is 2.82. The van der Waals surface area contributed by atoms with Crippen molar-refractivity contribution < 1.29 is 4.74 Å². The fourth-order valence-electron chi connectivity index (χ4n) is 1.72. The van der Waals surface area contributed by atoms with Gasteiger partial charge in [-0.2, -0.15) is 0 Å². The molecule has 1 aromatic carbocycles. The van der Waals surface area contributed by atoms with Gasteiger partial charge in [-0.05, 0) is 18.5 Å². The van der Waals surface area contributed by atoms with E-state index in [0.29, 0.717) is 5.69 Å². The molecule has 0 bridgehead atoms. The minimum atomic E-state index is -0.163. The lowest BCUT2D eigenvalue weighted by molar-refractivity contribution is 0.147. The lowest BCUT2D eigenvalue weighted by Crippen LogP contribution is -2.31. The van der Waals surface area contributed by atoms with Gasteiger partial charge in [0.2, 0.25) is 0 Å². The number of hydrogen-bond acceptors (Lipinski definition) is 2. The summed E-state index contributed by atoms with van der Waals surface area (Å²) in [6.07, 6.45) is 0.806. The van der Waals surface area contributed by atoms with Crippen LogP contribution in [-0.2, 0) is 6.42 Å². The van der Waals surface area contributed by atoms with E-state index in [1.807, 2.05) is 18.2 Å². The van der Waals surface area contributed by atoms with Crippen LogP contribution in [0.4, 0.5) is 5.69 Å². The summed E-state index contributed by atoms with van der Waals surface area (Å²) in [7, 11) is 0. The summed E-state index contributed by atoms with van der Waals surface area (Å²) in [5, 5.41) is 3.68. The molecule has 0 saturated heterocycles. The van der Waals surface area contributed by atoms with Crippen molar-refractivity contribution in [2.24, 2.45) is 5.11 Å². The average molecular weight is 315 g/mol. The van der Waals surface area contributed by atoms with Gasteiger partial charge in [-0.25, -0.2) is 0 Å². The third-order valence-electron chi connectivity index (χ3n) is 2.45. The Bertz CT molecular complexity index is 442. The molecule has 0 spiro atoms. The third kappa shape index (κ3) is 1.89. The number of rotatable bonds is 2. The highest BCUT2D eigenvalue weighted by Gasteiger charge is 2.34. The molecule has 1 heterocycles. The van der Waals surface area contributed by atoms with Crippen LogP contribution in [0.1, 0.15) is 12.5 Å². The average Bonchev–Trinajstić information content (AvgIpc) is 2.57. The van der Waals surface area contributed by atoms with Gasteiger partial charge in [-0.3, -0.25) is 0 Å². The number of benzene rings is 1. The van der Waals surface area contributed by atoms with Gasteiger partial charge in [0.1, 0.15) is 11.4 Å². The molecule has 1 aliphatic rings. The quantitative estimate of drug-likeness (QED) is 0.269. The monoisotopic (exact) mass is 315 g/mol. The maximum absolute atomic E-state index is 8.45. The highest BCUT2D eigenvalue weighted by molar-refractivity contribution is 14.1. The summed E-state index contributed by atoms with van der Waals surface area (Å²) >= 11 is 2.31. The fourth-order valence-corrected chi connectivity index (χ4v) is 2.14. The number of ether oxygens (including phenoxy) is 1. The van der Waals surface area contributed by atoms with Gasteiger partial charge in [0.15, 0.2) is 0 Å². The zero-order valence-electron chi connectivity index (χ0n) is 8.27. The predicted octanol–water partition coefficient (Wildman–Crippen LogP) is 3.76. The Morgan fingerprint density at radius 1 is 1.67 bits per heavy atom. The number of fused-ring (bicyclic) bond motifs is 1. The van der Waals surface area contributed by atoms with Crippen LogP contribution >= 0.6 is 22.6 Å². The van der Waals surface area contributed by atoms with Gasteiger partial charge in [0.25, 0.3) is 0 Å². The first-order chi connectivity index (χ1) is 7.18. The Kier molecular flexibility index (Phi) is 2.75. The van der Waals surface area contributed by atoms with E-state index in [4.69, 9.17) is 10.3 Å². The van der Waals surface area contributed by atoms with E-state index < -0.39 is 0 Å². The topological polar surface area (TPSA) is 58.0 Å². The highest BCUT2D eigenvalue weighted by Crippen LogP contribution is 2.41. The predicted molar refractivity (Wildman–Crippen MR) is 66.9 cm³/mol. The number of halogens is 1. The third-order valence-corrected chi connectivity index (χ3v) is 4.06. The number of hydrogen-bond donors (Lipinski definition) is 0. The second-order valence-electron chi connectivity index (χ2n) is 3.81. The SMILES string of the molecule is CC1(CI)Cc2c(N=[N+]=[N-])cccc2O1. The van der Waals surface area contributed by atoms with Gasteiger partial charge >= 0.3 is 0 Å². The van der Waals surface area contributed by atoms with Crippen LogP contribution in [0.3, 0.4) is 0 Å². The summed E-state index contributed by atoms with van der Waals surface area (Å²) in [5.41, 5.74) is 10.00. The van der Waals surface area contributed by atoms with E-state index in [1.165, 1.54) is 0 Å². The normalized spacial score (nSPS) is 22.8. The largest absolute Gasteiger partial charge is 0.486 e. The summed E-state index contributed by atoms with van der Waals surface area (Å²) < 4.78 is 6.75. The molecule has 0 radical (unpaired) electrons. The molecular weight excluding hydrogens is 305 g/mol. The van der Waals surface area contributed by atoms with Crippen LogP contribution in [0.5, 0.6) is 5.75 Å². The van der Waals surface area contributed by atoms with Gasteiger partial charge in [-0.15, -0.1) is 0 Å². The summed E-state index contributed by atoms with van der Waals surface area (Å²) in [5.74, 6) is 0.846. The van der Waals surface area contributed by atoms with E-state index in [1.54, 1.807) is 0 Å².